The first-order valence-corrected chi connectivity index (χ1v) is 5.61. The summed E-state index contributed by atoms with van der Waals surface area (Å²) in [6, 6.07) is 0. The van der Waals surface area contributed by atoms with Crippen LogP contribution in [0.5, 0.6) is 0 Å². The summed E-state index contributed by atoms with van der Waals surface area (Å²) in [6.07, 6.45) is 9.00. The van der Waals surface area contributed by atoms with E-state index in [9.17, 15) is 0 Å². The van der Waals surface area contributed by atoms with E-state index in [1.54, 1.807) is 0 Å². The van der Waals surface area contributed by atoms with Gasteiger partial charge in [0.15, 0.2) is 0 Å². The molecule has 1 N–H and O–H groups in total. The molecule has 3 rings (SSSR count). The molecule has 0 aromatic carbocycles. The number of hydrogen-bond acceptors (Lipinski definition) is 2. The van der Waals surface area contributed by atoms with Gasteiger partial charge in [0.05, 0.1) is 18.3 Å². The molecule has 1 heterocycles. The SMILES string of the molecule is C1CC2OC2C1.C[C@H]1CCC[C@@H]1O. The van der Waals surface area contributed by atoms with Gasteiger partial charge in [0.2, 0.25) is 0 Å². The molecule has 0 aromatic heterocycles. The van der Waals surface area contributed by atoms with E-state index in [2.05, 4.69) is 6.92 Å². The third kappa shape index (κ3) is 2.44. The molecule has 0 spiro atoms. The van der Waals surface area contributed by atoms with Crippen molar-refractivity contribution in [2.75, 3.05) is 0 Å². The Morgan fingerprint density at radius 2 is 1.62 bits per heavy atom. The van der Waals surface area contributed by atoms with Crippen LogP contribution in [0.3, 0.4) is 0 Å². The molecule has 2 unspecified atom stereocenters. The standard InChI is InChI=1S/C6H12O.C5H8O/c1-5-3-2-4-6(5)7;1-2-4-5(3-1)6-4/h5-7H,2-4H2,1H3;4-5H,1-3H2/t5-,6-;/m0./s1. The zero-order valence-electron chi connectivity index (χ0n) is 8.41. The zero-order chi connectivity index (χ0) is 9.26. The molecule has 0 amide bonds. The summed E-state index contributed by atoms with van der Waals surface area (Å²) in [5, 5.41) is 9.00. The fourth-order valence-electron chi connectivity index (χ4n) is 2.33. The van der Waals surface area contributed by atoms with E-state index in [1.165, 1.54) is 32.1 Å². The molecule has 3 aliphatic rings. The normalized spacial score (nSPS) is 46.6. The number of rotatable bonds is 0. The predicted molar refractivity (Wildman–Crippen MR) is 51.5 cm³/mol. The second-order valence-electron chi connectivity index (χ2n) is 4.62. The summed E-state index contributed by atoms with van der Waals surface area (Å²) in [7, 11) is 0. The Balaban J connectivity index is 0.000000101. The van der Waals surface area contributed by atoms with Gasteiger partial charge in [-0.2, -0.15) is 0 Å². The van der Waals surface area contributed by atoms with Crippen LogP contribution in [0.2, 0.25) is 0 Å². The average molecular weight is 184 g/mol. The van der Waals surface area contributed by atoms with Gasteiger partial charge in [0.1, 0.15) is 0 Å². The van der Waals surface area contributed by atoms with E-state index in [0.29, 0.717) is 18.1 Å². The molecule has 4 atom stereocenters. The lowest BCUT2D eigenvalue weighted by molar-refractivity contribution is 0.141. The molecular formula is C11H20O2. The van der Waals surface area contributed by atoms with Crippen LogP contribution >= 0.6 is 0 Å². The molecule has 13 heavy (non-hydrogen) atoms. The van der Waals surface area contributed by atoms with Crippen molar-refractivity contribution in [3.63, 3.8) is 0 Å². The van der Waals surface area contributed by atoms with Gasteiger partial charge in [-0.15, -0.1) is 0 Å². The predicted octanol–water partition coefficient (Wildman–Crippen LogP) is 2.11. The van der Waals surface area contributed by atoms with Gasteiger partial charge in [0.25, 0.3) is 0 Å². The van der Waals surface area contributed by atoms with Gasteiger partial charge in [0, 0.05) is 0 Å². The molecule has 76 valence electrons. The smallest absolute Gasteiger partial charge is 0.0841 e. The molecule has 1 saturated heterocycles. The highest BCUT2D eigenvalue weighted by Crippen LogP contribution is 2.37. The van der Waals surface area contributed by atoms with Crippen molar-refractivity contribution in [1.82, 2.24) is 0 Å². The fraction of sp³-hybridized carbons (Fsp3) is 1.00. The van der Waals surface area contributed by atoms with E-state index < -0.39 is 0 Å². The third-order valence-electron chi connectivity index (χ3n) is 3.48. The highest BCUT2D eigenvalue weighted by atomic mass is 16.6. The summed E-state index contributed by atoms with van der Waals surface area (Å²) >= 11 is 0. The minimum Gasteiger partial charge on any atom is -0.393 e. The van der Waals surface area contributed by atoms with E-state index in [4.69, 9.17) is 9.84 Å². The Morgan fingerprint density at radius 1 is 1.00 bits per heavy atom. The summed E-state index contributed by atoms with van der Waals surface area (Å²) in [5.41, 5.74) is 0. The highest BCUT2D eigenvalue weighted by Gasteiger charge is 2.42. The molecule has 2 aliphatic carbocycles. The lowest BCUT2D eigenvalue weighted by Crippen LogP contribution is -2.07. The first-order chi connectivity index (χ1) is 6.27. The van der Waals surface area contributed by atoms with Crippen LogP contribution in [0.25, 0.3) is 0 Å². The van der Waals surface area contributed by atoms with Crippen LogP contribution in [-0.4, -0.2) is 23.4 Å². The van der Waals surface area contributed by atoms with Crippen molar-refractivity contribution in [3.8, 4) is 0 Å². The summed E-state index contributed by atoms with van der Waals surface area (Å²) in [4.78, 5) is 0. The van der Waals surface area contributed by atoms with Gasteiger partial charge in [-0.1, -0.05) is 13.3 Å². The molecule has 2 heteroatoms. The van der Waals surface area contributed by atoms with Gasteiger partial charge in [-0.25, -0.2) is 0 Å². The van der Waals surface area contributed by atoms with E-state index in [1.807, 2.05) is 0 Å². The van der Waals surface area contributed by atoms with Crippen LogP contribution in [0.15, 0.2) is 0 Å². The van der Waals surface area contributed by atoms with Crippen molar-refractivity contribution < 1.29 is 9.84 Å². The van der Waals surface area contributed by atoms with Crippen molar-refractivity contribution in [2.45, 2.75) is 63.8 Å². The molecule has 1 aliphatic heterocycles. The van der Waals surface area contributed by atoms with Crippen LogP contribution in [0.1, 0.15) is 45.4 Å². The minimum absolute atomic E-state index is 0.0139. The lowest BCUT2D eigenvalue weighted by atomic mass is 10.1. The summed E-state index contributed by atoms with van der Waals surface area (Å²) in [6.45, 7) is 2.11. The Bertz CT molecular complexity index is 153. The molecule has 0 aromatic rings. The van der Waals surface area contributed by atoms with E-state index in [-0.39, 0.29) is 6.10 Å². The molecule has 2 saturated carbocycles. The van der Waals surface area contributed by atoms with Gasteiger partial charge in [-0.05, 0) is 38.0 Å². The van der Waals surface area contributed by atoms with Crippen LogP contribution in [0.4, 0.5) is 0 Å². The molecule has 0 radical (unpaired) electrons. The first kappa shape index (κ1) is 9.47. The Morgan fingerprint density at radius 3 is 1.77 bits per heavy atom. The second kappa shape index (κ2) is 3.97. The highest BCUT2D eigenvalue weighted by molar-refractivity contribution is 4.90. The minimum atomic E-state index is 0.0139. The van der Waals surface area contributed by atoms with Crippen LogP contribution in [-0.2, 0) is 4.74 Å². The monoisotopic (exact) mass is 184 g/mol. The van der Waals surface area contributed by atoms with E-state index in [0.717, 1.165) is 6.42 Å². The molecular weight excluding hydrogens is 164 g/mol. The maximum Gasteiger partial charge on any atom is 0.0841 e. The maximum absolute atomic E-state index is 9.00. The second-order valence-corrected chi connectivity index (χ2v) is 4.62. The van der Waals surface area contributed by atoms with Crippen molar-refractivity contribution in [1.29, 1.82) is 0 Å². The van der Waals surface area contributed by atoms with Gasteiger partial charge >= 0.3 is 0 Å². The number of epoxide rings is 1. The number of aliphatic hydroxyl groups excluding tert-OH is 1. The van der Waals surface area contributed by atoms with Crippen LogP contribution in [0, 0.1) is 5.92 Å². The average Bonchev–Trinajstić information content (AvgIpc) is 2.53. The topological polar surface area (TPSA) is 32.8 Å². The molecule has 0 bridgehead atoms. The maximum atomic E-state index is 9.00. The summed E-state index contributed by atoms with van der Waals surface area (Å²) in [5.74, 6) is 0.569. The summed E-state index contributed by atoms with van der Waals surface area (Å²) < 4.78 is 5.15. The largest absolute Gasteiger partial charge is 0.393 e. The Labute approximate surface area is 80.3 Å². The third-order valence-corrected chi connectivity index (χ3v) is 3.48. The van der Waals surface area contributed by atoms with Gasteiger partial charge < -0.3 is 9.84 Å². The number of hydrogen-bond donors (Lipinski definition) is 1. The molecule has 2 nitrogen and oxygen atoms in total. The number of aliphatic hydroxyl groups is 1. The van der Waals surface area contributed by atoms with E-state index >= 15 is 0 Å². The van der Waals surface area contributed by atoms with Crippen molar-refractivity contribution in [3.05, 3.63) is 0 Å². The Kier molecular flexibility index (Phi) is 2.89. The number of fused-ring (bicyclic) bond motifs is 1. The van der Waals surface area contributed by atoms with Crippen molar-refractivity contribution in [2.24, 2.45) is 5.92 Å². The molecule has 3 fully saturated rings. The van der Waals surface area contributed by atoms with Gasteiger partial charge in [-0.3, -0.25) is 0 Å². The van der Waals surface area contributed by atoms with Crippen molar-refractivity contribution >= 4 is 0 Å². The first-order valence-electron chi connectivity index (χ1n) is 5.61. The lowest BCUT2D eigenvalue weighted by Gasteiger charge is -2.04. The number of ether oxygens (including phenoxy) is 1. The van der Waals surface area contributed by atoms with Crippen LogP contribution < -0.4 is 0 Å². The zero-order valence-corrected chi connectivity index (χ0v) is 8.41. The fourth-order valence-corrected chi connectivity index (χ4v) is 2.33. The Hall–Kier alpha value is -0.0800. The quantitative estimate of drug-likeness (QED) is 0.585.